The van der Waals surface area contributed by atoms with Crippen LogP contribution >= 0.6 is 23.1 Å². The van der Waals surface area contributed by atoms with Gasteiger partial charge in [-0.05, 0) is 43.7 Å². The average Bonchev–Trinajstić information content (AvgIpc) is 3.39. The highest BCUT2D eigenvalue weighted by Crippen LogP contribution is 2.38. The van der Waals surface area contributed by atoms with Gasteiger partial charge in [0.2, 0.25) is 5.91 Å². The lowest BCUT2D eigenvalue weighted by molar-refractivity contribution is -0.129. The van der Waals surface area contributed by atoms with Crippen molar-refractivity contribution in [2.75, 3.05) is 38.5 Å². The van der Waals surface area contributed by atoms with Crippen LogP contribution in [-0.4, -0.2) is 75.1 Å². The molecule has 2 aliphatic rings. The molecule has 174 valence electrons. The van der Waals surface area contributed by atoms with E-state index in [0.29, 0.717) is 38.5 Å². The predicted molar refractivity (Wildman–Crippen MR) is 126 cm³/mol. The molecule has 0 radical (unpaired) electrons. The second-order valence-electron chi connectivity index (χ2n) is 8.30. The molecule has 1 fully saturated rings. The maximum absolute atomic E-state index is 12.7. The third-order valence-electron chi connectivity index (χ3n) is 6.30. The Morgan fingerprint density at radius 3 is 2.66 bits per heavy atom. The first-order chi connectivity index (χ1) is 15.5. The molecule has 0 bridgehead atoms. The number of amides is 2. The van der Waals surface area contributed by atoms with Gasteiger partial charge >= 0.3 is 6.09 Å². The van der Waals surface area contributed by atoms with E-state index in [1.165, 1.54) is 41.5 Å². The van der Waals surface area contributed by atoms with Crippen molar-refractivity contribution in [2.24, 2.45) is 13.0 Å². The smallest absolute Gasteiger partial charge is 0.409 e. The molecule has 1 aliphatic carbocycles. The maximum atomic E-state index is 12.7. The molecule has 2 amide bonds. The normalized spacial score (nSPS) is 18.5. The number of aromatic nitrogens is 3. The van der Waals surface area contributed by atoms with Crippen molar-refractivity contribution in [3.63, 3.8) is 0 Å². The lowest BCUT2D eigenvalue weighted by atomic mass is 9.87. The first-order valence-corrected chi connectivity index (χ1v) is 13.1. The van der Waals surface area contributed by atoms with E-state index in [1.807, 2.05) is 23.0 Å². The van der Waals surface area contributed by atoms with Crippen LogP contribution in [0.1, 0.15) is 37.1 Å². The molecule has 1 saturated heterocycles. The molecule has 0 aromatic carbocycles. The van der Waals surface area contributed by atoms with Gasteiger partial charge in [0.15, 0.2) is 11.0 Å². The molecule has 10 heteroatoms. The third kappa shape index (κ3) is 4.96. The van der Waals surface area contributed by atoms with Crippen molar-refractivity contribution >= 4 is 35.1 Å². The molecule has 1 atom stereocenters. The van der Waals surface area contributed by atoms with Gasteiger partial charge < -0.3 is 19.1 Å². The van der Waals surface area contributed by atoms with Crippen LogP contribution in [0.25, 0.3) is 10.7 Å². The summed E-state index contributed by atoms with van der Waals surface area (Å²) in [5.41, 5.74) is 1.47. The van der Waals surface area contributed by atoms with E-state index in [2.05, 4.69) is 23.2 Å². The van der Waals surface area contributed by atoms with Gasteiger partial charge in [-0.3, -0.25) is 4.79 Å². The Morgan fingerprint density at radius 2 is 1.94 bits per heavy atom. The number of fused-ring (bicyclic) bond motifs is 1. The molecule has 0 spiro atoms. The number of thiophene rings is 1. The van der Waals surface area contributed by atoms with Gasteiger partial charge in [-0.15, -0.1) is 21.5 Å². The molecule has 32 heavy (non-hydrogen) atoms. The van der Waals surface area contributed by atoms with Crippen molar-refractivity contribution in [3.05, 3.63) is 16.5 Å². The van der Waals surface area contributed by atoms with Gasteiger partial charge in [-0.2, -0.15) is 0 Å². The number of piperazine rings is 1. The van der Waals surface area contributed by atoms with Gasteiger partial charge in [0.05, 0.1) is 17.2 Å². The summed E-state index contributed by atoms with van der Waals surface area (Å²) >= 11 is 3.25. The number of aryl methyl sites for hydroxylation is 1. The molecule has 8 nitrogen and oxygen atoms in total. The van der Waals surface area contributed by atoms with E-state index in [1.54, 1.807) is 16.7 Å². The Balaban J connectivity index is 1.33. The van der Waals surface area contributed by atoms with E-state index < -0.39 is 0 Å². The van der Waals surface area contributed by atoms with Crippen LogP contribution < -0.4 is 0 Å². The number of ether oxygens (including phenoxy) is 1. The minimum Gasteiger partial charge on any atom is -0.450 e. The molecular weight excluding hydrogens is 446 g/mol. The lowest BCUT2D eigenvalue weighted by Gasteiger charge is -2.34. The Hall–Kier alpha value is -2.07. The van der Waals surface area contributed by atoms with Crippen LogP contribution in [0, 0.1) is 5.92 Å². The highest BCUT2D eigenvalue weighted by Gasteiger charge is 2.26. The number of nitrogens with zero attached hydrogens (tertiary/aromatic N) is 5. The summed E-state index contributed by atoms with van der Waals surface area (Å²) in [4.78, 5) is 30.6. The van der Waals surface area contributed by atoms with Crippen molar-refractivity contribution in [1.82, 2.24) is 24.6 Å². The zero-order valence-corrected chi connectivity index (χ0v) is 20.6. The highest BCUT2D eigenvalue weighted by molar-refractivity contribution is 7.99. The van der Waals surface area contributed by atoms with Gasteiger partial charge in [0.25, 0.3) is 0 Å². The number of hydrogen-bond acceptors (Lipinski definition) is 7. The first kappa shape index (κ1) is 23.1. The highest BCUT2D eigenvalue weighted by atomic mass is 32.2. The third-order valence-corrected chi connectivity index (χ3v) is 8.54. The molecule has 4 rings (SSSR count). The molecule has 1 aliphatic heterocycles. The van der Waals surface area contributed by atoms with Crippen molar-refractivity contribution in [2.45, 2.75) is 44.7 Å². The van der Waals surface area contributed by atoms with Gasteiger partial charge in [-0.25, -0.2) is 4.79 Å². The van der Waals surface area contributed by atoms with Gasteiger partial charge in [0.1, 0.15) is 0 Å². The van der Waals surface area contributed by atoms with Crippen LogP contribution in [0.3, 0.4) is 0 Å². The lowest BCUT2D eigenvalue weighted by Crippen LogP contribution is -2.51. The second-order valence-corrected chi connectivity index (χ2v) is 10.4. The summed E-state index contributed by atoms with van der Waals surface area (Å²) in [5.74, 6) is 2.03. The van der Waals surface area contributed by atoms with Crippen molar-refractivity contribution in [3.8, 4) is 10.7 Å². The molecular formula is C22H31N5O3S2. The molecule has 2 aromatic rings. The van der Waals surface area contributed by atoms with Crippen molar-refractivity contribution in [1.29, 1.82) is 0 Å². The Labute approximate surface area is 197 Å². The SMILES string of the molecule is CCOC(=O)N1CCN(C(=O)CSc2nnc(-c3cc4c(s3)CCC(CC)C4)n2C)CC1. The maximum Gasteiger partial charge on any atom is 0.409 e. The standard InChI is InChI=1S/C22H31N5O3S2/c1-4-15-6-7-17-16(12-15)13-18(32-17)20-23-24-21(25(20)3)31-14-19(28)26-8-10-27(11-9-26)22(29)30-5-2/h13,15H,4-12,14H2,1-3H3. The van der Waals surface area contributed by atoms with Gasteiger partial charge in [-0.1, -0.05) is 25.1 Å². The molecule has 2 aromatic heterocycles. The van der Waals surface area contributed by atoms with Gasteiger partial charge in [0, 0.05) is 38.1 Å². The number of thioether (sulfide) groups is 1. The summed E-state index contributed by atoms with van der Waals surface area (Å²) in [7, 11) is 1.97. The summed E-state index contributed by atoms with van der Waals surface area (Å²) < 4.78 is 7.03. The fraction of sp³-hybridized carbons (Fsp3) is 0.636. The van der Waals surface area contributed by atoms with Crippen LogP contribution in [0.15, 0.2) is 11.2 Å². The fourth-order valence-corrected chi connectivity index (χ4v) is 6.33. The molecule has 3 heterocycles. The Kier molecular flexibility index (Phi) is 7.40. The van der Waals surface area contributed by atoms with Crippen molar-refractivity contribution < 1.29 is 14.3 Å². The van der Waals surface area contributed by atoms with Crippen LogP contribution in [0.4, 0.5) is 4.79 Å². The zero-order chi connectivity index (χ0) is 22.7. The summed E-state index contributed by atoms with van der Waals surface area (Å²) in [6.45, 7) is 6.50. The first-order valence-electron chi connectivity index (χ1n) is 11.3. The fourth-order valence-electron chi connectivity index (χ4n) is 4.28. The summed E-state index contributed by atoms with van der Waals surface area (Å²) in [6.07, 6.45) is 4.54. The van der Waals surface area contributed by atoms with E-state index in [4.69, 9.17) is 4.74 Å². The summed E-state index contributed by atoms with van der Waals surface area (Å²) in [6, 6.07) is 2.29. The van der Waals surface area contributed by atoms with E-state index in [0.717, 1.165) is 28.2 Å². The predicted octanol–water partition coefficient (Wildman–Crippen LogP) is 3.45. The zero-order valence-electron chi connectivity index (χ0n) is 19.0. The topological polar surface area (TPSA) is 80.6 Å². The largest absolute Gasteiger partial charge is 0.450 e. The second kappa shape index (κ2) is 10.2. The monoisotopic (exact) mass is 477 g/mol. The quantitative estimate of drug-likeness (QED) is 0.593. The van der Waals surface area contributed by atoms with E-state index >= 15 is 0 Å². The number of carbonyl (C=O) groups excluding carboxylic acids is 2. The Bertz CT molecular complexity index is 965. The number of hydrogen-bond donors (Lipinski definition) is 0. The number of carbonyl (C=O) groups is 2. The average molecular weight is 478 g/mol. The van der Waals surface area contributed by atoms with Crippen LogP contribution in [0.2, 0.25) is 0 Å². The molecule has 0 saturated carbocycles. The van der Waals surface area contributed by atoms with E-state index in [-0.39, 0.29) is 12.0 Å². The Morgan fingerprint density at radius 1 is 1.19 bits per heavy atom. The van der Waals surface area contributed by atoms with Crippen LogP contribution in [-0.2, 0) is 29.4 Å². The molecule has 1 unspecified atom stereocenters. The summed E-state index contributed by atoms with van der Waals surface area (Å²) in [5, 5.41) is 9.52. The van der Waals surface area contributed by atoms with Crippen LogP contribution in [0.5, 0.6) is 0 Å². The molecule has 0 N–H and O–H groups in total. The minimum absolute atomic E-state index is 0.0558. The van der Waals surface area contributed by atoms with E-state index in [9.17, 15) is 9.59 Å². The minimum atomic E-state index is -0.305. The number of rotatable bonds is 6.